The Hall–Kier alpha value is -3.00. The average Bonchev–Trinajstić information content (AvgIpc) is 3.11. The van der Waals surface area contributed by atoms with Crippen LogP contribution in [0.25, 0.3) is 5.65 Å². The molecule has 3 aromatic rings. The number of benzene rings is 1. The number of nitrogens with one attached hydrogen (secondary N) is 2. The van der Waals surface area contributed by atoms with E-state index >= 15 is 0 Å². The van der Waals surface area contributed by atoms with Crippen molar-refractivity contribution in [2.75, 3.05) is 11.9 Å². The van der Waals surface area contributed by atoms with Crippen molar-refractivity contribution >= 4 is 17.2 Å². The first kappa shape index (κ1) is 17.4. The smallest absolute Gasteiger partial charge is 0.279 e. The van der Waals surface area contributed by atoms with E-state index in [2.05, 4.69) is 15.7 Å². The average molecular weight is 369 g/mol. The Labute approximate surface area is 154 Å². The molecule has 0 bridgehead atoms. The van der Waals surface area contributed by atoms with Crippen LogP contribution in [-0.4, -0.2) is 26.6 Å². The van der Waals surface area contributed by atoms with Crippen LogP contribution in [0.5, 0.6) is 0 Å². The van der Waals surface area contributed by atoms with Crippen molar-refractivity contribution in [3.8, 4) is 0 Å². The van der Waals surface area contributed by atoms with E-state index in [9.17, 15) is 14.0 Å². The first-order chi connectivity index (χ1) is 13.0. The molecule has 0 spiro atoms. The van der Waals surface area contributed by atoms with Gasteiger partial charge in [0.15, 0.2) is 5.65 Å². The lowest BCUT2D eigenvalue weighted by Gasteiger charge is -2.22. The maximum absolute atomic E-state index is 13.5. The third-order valence-electron chi connectivity index (χ3n) is 4.97. The quantitative estimate of drug-likeness (QED) is 0.739. The van der Waals surface area contributed by atoms with E-state index in [0.717, 1.165) is 17.8 Å². The fourth-order valence-corrected chi connectivity index (χ4v) is 3.60. The van der Waals surface area contributed by atoms with Crippen LogP contribution in [0, 0.1) is 12.7 Å². The molecule has 2 aromatic heterocycles. The van der Waals surface area contributed by atoms with E-state index in [1.807, 2.05) is 11.5 Å². The molecule has 27 heavy (non-hydrogen) atoms. The van der Waals surface area contributed by atoms with Crippen molar-refractivity contribution in [1.82, 2.24) is 19.5 Å². The Balaban J connectivity index is 1.85. The molecule has 8 heteroatoms. The molecule has 0 fully saturated rings. The molecule has 0 unspecified atom stereocenters. The number of carbonyl (C=O) groups is 1. The molecule has 1 aliphatic heterocycles. The molecule has 0 aliphatic carbocycles. The second-order valence-electron chi connectivity index (χ2n) is 6.61. The van der Waals surface area contributed by atoms with Crippen LogP contribution >= 0.6 is 0 Å². The van der Waals surface area contributed by atoms with Crippen LogP contribution in [0.15, 0.2) is 29.2 Å². The van der Waals surface area contributed by atoms with Crippen molar-refractivity contribution in [3.05, 3.63) is 63.0 Å². The molecule has 140 valence electrons. The summed E-state index contributed by atoms with van der Waals surface area (Å²) in [5.41, 5.74) is 3.31. The normalized spacial score (nSPS) is 13.6. The standard InChI is InChI=1S/C19H20FN5O2/c1-3-24-16-6-7-21-9-13(16)19(27)25-18(24)14(10-22-25)17(26)23-15-8-12(20)5-4-11(15)2/h4-5,8,10,21H,3,6-7,9H2,1-2H3,(H,23,26). The lowest BCUT2D eigenvalue weighted by Crippen LogP contribution is -2.36. The number of carbonyl (C=O) groups excluding carboxylic acids is 1. The summed E-state index contributed by atoms with van der Waals surface area (Å²) in [6, 6.07) is 4.22. The summed E-state index contributed by atoms with van der Waals surface area (Å²) in [5, 5.41) is 10.1. The second kappa shape index (κ2) is 6.62. The van der Waals surface area contributed by atoms with Gasteiger partial charge in [0.05, 0.1) is 11.8 Å². The van der Waals surface area contributed by atoms with Crippen molar-refractivity contribution in [1.29, 1.82) is 0 Å². The van der Waals surface area contributed by atoms with Gasteiger partial charge in [0.25, 0.3) is 11.5 Å². The minimum absolute atomic E-state index is 0.210. The van der Waals surface area contributed by atoms with Gasteiger partial charge in [-0.2, -0.15) is 9.61 Å². The van der Waals surface area contributed by atoms with Gasteiger partial charge in [-0.05, 0) is 31.5 Å². The second-order valence-corrected chi connectivity index (χ2v) is 6.61. The summed E-state index contributed by atoms with van der Waals surface area (Å²) in [7, 11) is 0. The van der Waals surface area contributed by atoms with Crippen LogP contribution < -0.4 is 16.2 Å². The highest BCUT2D eigenvalue weighted by Crippen LogP contribution is 2.21. The van der Waals surface area contributed by atoms with Gasteiger partial charge in [0, 0.05) is 37.4 Å². The van der Waals surface area contributed by atoms with Crippen LogP contribution in [0.4, 0.5) is 10.1 Å². The van der Waals surface area contributed by atoms with Gasteiger partial charge in [-0.1, -0.05) is 6.07 Å². The number of aryl methyl sites for hydroxylation is 2. The molecule has 0 radical (unpaired) electrons. The lowest BCUT2D eigenvalue weighted by molar-refractivity contribution is 0.102. The van der Waals surface area contributed by atoms with E-state index in [-0.39, 0.29) is 5.56 Å². The van der Waals surface area contributed by atoms with Crippen molar-refractivity contribution < 1.29 is 9.18 Å². The summed E-state index contributed by atoms with van der Waals surface area (Å²) in [6.07, 6.45) is 2.11. The molecule has 7 nitrogen and oxygen atoms in total. The van der Waals surface area contributed by atoms with Gasteiger partial charge in [-0.15, -0.1) is 0 Å². The lowest BCUT2D eigenvalue weighted by atomic mass is 10.1. The zero-order valence-electron chi connectivity index (χ0n) is 15.2. The van der Waals surface area contributed by atoms with Gasteiger partial charge in [0.2, 0.25) is 0 Å². The van der Waals surface area contributed by atoms with Gasteiger partial charge in [0.1, 0.15) is 11.4 Å². The first-order valence-electron chi connectivity index (χ1n) is 8.91. The predicted octanol–water partition coefficient (Wildman–Crippen LogP) is 1.86. The van der Waals surface area contributed by atoms with E-state index < -0.39 is 11.7 Å². The molecular formula is C19H20FN5O2. The van der Waals surface area contributed by atoms with Crippen molar-refractivity contribution in [2.24, 2.45) is 0 Å². The van der Waals surface area contributed by atoms with E-state index in [0.29, 0.717) is 42.0 Å². The fourth-order valence-electron chi connectivity index (χ4n) is 3.60. The highest BCUT2D eigenvalue weighted by atomic mass is 19.1. The first-order valence-corrected chi connectivity index (χ1v) is 8.91. The highest BCUT2D eigenvalue weighted by Gasteiger charge is 2.24. The summed E-state index contributed by atoms with van der Waals surface area (Å²) >= 11 is 0. The monoisotopic (exact) mass is 369 g/mol. The van der Waals surface area contributed by atoms with E-state index in [4.69, 9.17) is 0 Å². The minimum atomic E-state index is -0.428. The number of hydrogen-bond donors (Lipinski definition) is 2. The molecule has 1 aliphatic rings. The molecule has 0 saturated heterocycles. The molecular weight excluding hydrogens is 349 g/mol. The SMILES string of the molecule is CCn1c2c(c(=O)n3ncc(C(=O)Nc4cc(F)ccc4C)c13)CNCC2. The van der Waals surface area contributed by atoms with Crippen LogP contribution in [0.1, 0.15) is 34.1 Å². The Morgan fingerprint density at radius 1 is 1.41 bits per heavy atom. The highest BCUT2D eigenvalue weighted by molar-refractivity contribution is 6.08. The molecule has 1 aromatic carbocycles. The number of rotatable bonds is 3. The van der Waals surface area contributed by atoms with Gasteiger partial charge >= 0.3 is 0 Å². The molecule has 3 heterocycles. The number of hydrogen-bond acceptors (Lipinski definition) is 4. The number of anilines is 1. The maximum atomic E-state index is 13.5. The number of fused-ring (bicyclic) bond motifs is 2. The number of halogens is 1. The third-order valence-corrected chi connectivity index (χ3v) is 4.97. The Morgan fingerprint density at radius 3 is 3.00 bits per heavy atom. The summed E-state index contributed by atoms with van der Waals surface area (Å²) in [5.74, 6) is -0.850. The van der Waals surface area contributed by atoms with Crippen LogP contribution in [0.2, 0.25) is 0 Å². The Morgan fingerprint density at radius 2 is 2.22 bits per heavy atom. The van der Waals surface area contributed by atoms with E-state index in [1.54, 1.807) is 13.0 Å². The zero-order valence-corrected chi connectivity index (χ0v) is 15.2. The number of aromatic nitrogens is 3. The molecule has 4 rings (SSSR count). The topological polar surface area (TPSA) is 80.4 Å². The largest absolute Gasteiger partial charge is 0.329 e. The molecule has 1 amide bonds. The summed E-state index contributed by atoms with van der Waals surface area (Å²) in [6.45, 7) is 5.64. The Kier molecular flexibility index (Phi) is 4.27. The Bertz CT molecular complexity index is 1120. The maximum Gasteiger partial charge on any atom is 0.279 e. The van der Waals surface area contributed by atoms with Crippen molar-refractivity contribution in [2.45, 2.75) is 33.4 Å². The number of amides is 1. The number of nitrogens with zero attached hydrogens (tertiary/aromatic N) is 3. The fraction of sp³-hybridized carbons (Fsp3) is 0.316. The van der Waals surface area contributed by atoms with Gasteiger partial charge < -0.3 is 15.2 Å². The minimum Gasteiger partial charge on any atom is -0.329 e. The summed E-state index contributed by atoms with van der Waals surface area (Å²) in [4.78, 5) is 25.7. The molecule has 2 N–H and O–H groups in total. The van der Waals surface area contributed by atoms with E-state index in [1.165, 1.54) is 22.8 Å². The zero-order chi connectivity index (χ0) is 19.1. The molecule has 0 saturated carbocycles. The predicted molar refractivity (Wildman–Crippen MR) is 99.6 cm³/mol. The van der Waals surface area contributed by atoms with Gasteiger partial charge in [-0.25, -0.2) is 4.39 Å². The summed E-state index contributed by atoms with van der Waals surface area (Å²) < 4.78 is 16.8. The van der Waals surface area contributed by atoms with Crippen molar-refractivity contribution in [3.63, 3.8) is 0 Å². The third kappa shape index (κ3) is 2.82. The van der Waals surface area contributed by atoms with Crippen LogP contribution in [0.3, 0.4) is 0 Å². The van der Waals surface area contributed by atoms with Gasteiger partial charge in [-0.3, -0.25) is 9.59 Å². The van der Waals surface area contributed by atoms with Crippen LogP contribution in [-0.2, 0) is 19.5 Å². The molecule has 0 atom stereocenters.